The molecule has 1 aliphatic carbocycles. The van der Waals surface area contributed by atoms with E-state index in [4.69, 9.17) is 5.73 Å². The number of carbonyl (C=O) groups is 2. The quantitative estimate of drug-likeness (QED) is 0.497. The lowest BCUT2D eigenvalue weighted by Gasteiger charge is -2.32. The number of para-hydroxylation sites is 1. The molecule has 0 aliphatic heterocycles. The van der Waals surface area contributed by atoms with Gasteiger partial charge in [-0.3, -0.25) is 4.90 Å². The zero-order valence-electron chi connectivity index (χ0n) is 20.3. The second-order valence-electron chi connectivity index (χ2n) is 8.98. The summed E-state index contributed by atoms with van der Waals surface area (Å²) in [5.41, 5.74) is 7.13. The maximum Gasteiger partial charge on any atom is 0.328 e. The van der Waals surface area contributed by atoms with E-state index >= 15 is 0 Å². The van der Waals surface area contributed by atoms with Gasteiger partial charge in [0, 0.05) is 19.0 Å². The number of urea groups is 2. The minimum atomic E-state index is -4.03. The second kappa shape index (κ2) is 10.9. The molecule has 4 rings (SSSR count). The summed E-state index contributed by atoms with van der Waals surface area (Å²) in [6.45, 7) is 0.359. The standard InChI is InChI=1S/C26H31N5O4S/c1-30(24-16-13-20-7-5-6-10-23(20)29-24)26(33)28-18-17-19-11-14-22(15-12-19)36(34,35)31(25(27)32)21-8-3-2-4-9-21/h5-7,10-16,21H,2-4,8-9,17-18H2,1H3,(H2,27,32)(H,28,33). The van der Waals surface area contributed by atoms with Gasteiger partial charge in [-0.25, -0.2) is 27.3 Å². The van der Waals surface area contributed by atoms with Gasteiger partial charge in [-0.2, -0.15) is 0 Å². The predicted octanol–water partition coefficient (Wildman–Crippen LogP) is 4.03. The van der Waals surface area contributed by atoms with Crippen molar-refractivity contribution in [3.8, 4) is 0 Å². The van der Waals surface area contributed by atoms with Crippen molar-refractivity contribution in [1.29, 1.82) is 0 Å². The first kappa shape index (κ1) is 25.4. The van der Waals surface area contributed by atoms with Gasteiger partial charge in [-0.1, -0.05) is 49.6 Å². The van der Waals surface area contributed by atoms with Crippen LogP contribution in [-0.4, -0.2) is 49.4 Å². The van der Waals surface area contributed by atoms with E-state index in [9.17, 15) is 18.0 Å². The summed E-state index contributed by atoms with van der Waals surface area (Å²) in [5, 5.41) is 3.86. The number of hydrogen-bond donors (Lipinski definition) is 2. The van der Waals surface area contributed by atoms with Crippen LogP contribution in [0, 0.1) is 0 Å². The predicted molar refractivity (Wildman–Crippen MR) is 139 cm³/mol. The zero-order chi connectivity index (χ0) is 25.7. The van der Waals surface area contributed by atoms with Crippen LogP contribution >= 0.6 is 0 Å². The number of pyridine rings is 1. The molecule has 3 aromatic rings. The smallest absolute Gasteiger partial charge is 0.328 e. The topological polar surface area (TPSA) is 126 Å². The van der Waals surface area contributed by atoms with E-state index in [1.54, 1.807) is 25.2 Å². The number of amides is 4. The van der Waals surface area contributed by atoms with Crippen molar-refractivity contribution in [2.75, 3.05) is 18.5 Å². The van der Waals surface area contributed by atoms with Crippen molar-refractivity contribution in [3.05, 3.63) is 66.2 Å². The van der Waals surface area contributed by atoms with E-state index in [1.807, 2.05) is 30.3 Å². The van der Waals surface area contributed by atoms with Crippen LogP contribution in [0.25, 0.3) is 10.9 Å². The minimum Gasteiger partial charge on any atom is -0.351 e. The summed E-state index contributed by atoms with van der Waals surface area (Å²) in [6.07, 6.45) is 4.55. The Bertz CT molecular complexity index is 1340. The number of nitrogens with two attached hydrogens (primary N) is 1. The Balaban J connectivity index is 1.35. The number of fused-ring (bicyclic) bond motifs is 1. The lowest BCUT2D eigenvalue weighted by molar-refractivity contribution is 0.208. The van der Waals surface area contributed by atoms with E-state index < -0.39 is 22.1 Å². The summed E-state index contributed by atoms with van der Waals surface area (Å²) >= 11 is 0. The number of carbonyl (C=O) groups excluding carboxylic acids is 2. The van der Waals surface area contributed by atoms with Crippen molar-refractivity contribution < 1.29 is 18.0 Å². The van der Waals surface area contributed by atoms with Gasteiger partial charge in [0.2, 0.25) is 0 Å². The number of nitrogens with one attached hydrogen (secondary N) is 1. The minimum absolute atomic E-state index is 0.0294. The molecule has 36 heavy (non-hydrogen) atoms. The van der Waals surface area contributed by atoms with Crippen molar-refractivity contribution in [2.45, 2.75) is 49.5 Å². The molecule has 1 fully saturated rings. The number of primary amides is 1. The average Bonchev–Trinajstić information content (AvgIpc) is 2.88. The molecule has 10 heteroatoms. The molecule has 1 heterocycles. The van der Waals surface area contributed by atoms with E-state index in [-0.39, 0.29) is 10.9 Å². The van der Waals surface area contributed by atoms with Crippen molar-refractivity contribution in [2.24, 2.45) is 5.73 Å². The third kappa shape index (κ3) is 5.59. The molecule has 1 aliphatic rings. The molecule has 0 bridgehead atoms. The van der Waals surface area contributed by atoms with Gasteiger partial charge in [0.15, 0.2) is 0 Å². The van der Waals surface area contributed by atoms with Crippen molar-refractivity contribution in [1.82, 2.24) is 14.6 Å². The molecule has 2 aromatic carbocycles. The zero-order valence-corrected chi connectivity index (χ0v) is 21.1. The molecule has 190 valence electrons. The van der Waals surface area contributed by atoms with Crippen LogP contribution in [-0.2, 0) is 16.4 Å². The molecule has 3 N–H and O–H groups in total. The SMILES string of the molecule is CN(C(=O)NCCc1ccc(S(=O)(=O)N(C(N)=O)C2CCCCC2)cc1)c1ccc2ccccc2n1. The Kier molecular flexibility index (Phi) is 7.73. The van der Waals surface area contributed by atoms with Crippen LogP contribution in [0.15, 0.2) is 65.6 Å². The molecule has 0 spiro atoms. The lowest BCUT2D eigenvalue weighted by atomic mass is 9.96. The molecule has 9 nitrogen and oxygen atoms in total. The largest absolute Gasteiger partial charge is 0.351 e. The molecule has 0 atom stereocenters. The Labute approximate surface area is 211 Å². The summed E-state index contributed by atoms with van der Waals surface area (Å²) in [5.74, 6) is 0.540. The molecular formula is C26H31N5O4S. The lowest BCUT2D eigenvalue weighted by Crippen LogP contribution is -2.48. The fraction of sp³-hybridized carbons (Fsp3) is 0.346. The third-order valence-electron chi connectivity index (χ3n) is 6.53. The molecule has 4 amide bonds. The Hall–Kier alpha value is -3.66. The molecule has 0 unspecified atom stereocenters. The van der Waals surface area contributed by atoms with Crippen LogP contribution in [0.2, 0.25) is 0 Å². The van der Waals surface area contributed by atoms with E-state index in [2.05, 4.69) is 10.3 Å². The highest BCUT2D eigenvalue weighted by Crippen LogP contribution is 2.28. The fourth-order valence-corrected chi connectivity index (χ4v) is 6.08. The van der Waals surface area contributed by atoms with Crippen LogP contribution in [0.1, 0.15) is 37.7 Å². The highest BCUT2D eigenvalue weighted by molar-refractivity contribution is 7.89. The number of benzene rings is 2. The highest BCUT2D eigenvalue weighted by Gasteiger charge is 2.35. The van der Waals surface area contributed by atoms with Gasteiger partial charge in [0.25, 0.3) is 10.0 Å². The number of aromatic nitrogens is 1. The third-order valence-corrected chi connectivity index (χ3v) is 8.39. The number of sulfonamides is 1. The Morgan fingerprint density at radius 2 is 1.69 bits per heavy atom. The van der Waals surface area contributed by atoms with Gasteiger partial charge in [-0.05, 0) is 55.2 Å². The number of hydrogen-bond acceptors (Lipinski definition) is 5. The Morgan fingerprint density at radius 1 is 1.00 bits per heavy atom. The number of nitrogens with zero attached hydrogens (tertiary/aromatic N) is 3. The van der Waals surface area contributed by atoms with Gasteiger partial charge in [-0.15, -0.1) is 0 Å². The van der Waals surface area contributed by atoms with E-state index in [0.29, 0.717) is 31.6 Å². The van der Waals surface area contributed by atoms with Crippen LogP contribution in [0.3, 0.4) is 0 Å². The first-order valence-electron chi connectivity index (χ1n) is 12.1. The van der Waals surface area contributed by atoms with Crippen molar-refractivity contribution in [3.63, 3.8) is 0 Å². The molecule has 1 saturated carbocycles. The van der Waals surface area contributed by atoms with Crippen LogP contribution in [0.5, 0.6) is 0 Å². The monoisotopic (exact) mass is 509 g/mol. The molecule has 1 aromatic heterocycles. The number of anilines is 1. The first-order chi connectivity index (χ1) is 17.3. The summed E-state index contributed by atoms with van der Waals surface area (Å²) in [7, 11) is -2.38. The van der Waals surface area contributed by atoms with E-state index in [1.165, 1.54) is 17.0 Å². The summed E-state index contributed by atoms with van der Waals surface area (Å²) in [6, 6.07) is 16.1. The molecule has 0 saturated heterocycles. The van der Waals surface area contributed by atoms with Gasteiger partial charge in [0.1, 0.15) is 5.82 Å². The summed E-state index contributed by atoms with van der Waals surface area (Å²) < 4.78 is 27.1. The fourth-order valence-electron chi connectivity index (χ4n) is 4.53. The van der Waals surface area contributed by atoms with Crippen LogP contribution in [0.4, 0.5) is 15.4 Å². The maximum atomic E-state index is 13.1. The van der Waals surface area contributed by atoms with Gasteiger partial charge < -0.3 is 11.1 Å². The second-order valence-corrected chi connectivity index (χ2v) is 10.8. The number of rotatable bonds is 7. The summed E-state index contributed by atoms with van der Waals surface area (Å²) in [4.78, 5) is 30.6. The van der Waals surface area contributed by atoms with Gasteiger partial charge in [0.05, 0.1) is 16.5 Å². The molecule has 0 radical (unpaired) electrons. The van der Waals surface area contributed by atoms with Gasteiger partial charge >= 0.3 is 12.1 Å². The van der Waals surface area contributed by atoms with Crippen molar-refractivity contribution >= 4 is 38.8 Å². The van der Waals surface area contributed by atoms with Crippen LogP contribution < -0.4 is 16.0 Å². The average molecular weight is 510 g/mol. The van der Waals surface area contributed by atoms with E-state index in [0.717, 1.165) is 40.0 Å². The Morgan fingerprint density at radius 3 is 2.39 bits per heavy atom. The first-order valence-corrected chi connectivity index (χ1v) is 13.5. The maximum absolute atomic E-state index is 13.1. The normalized spacial score (nSPS) is 14.4. The highest BCUT2D eigenvalue weighted by atomic mass is 32.2. The molecular weight excluding hydrogens is 478 g/mol.